The van der Waals surface area contributed by atoms with E-state index in [1.807, 2.05) is 0 Å². The van der Waals surface area contributed by atoms with E-state index >= 15 is 0 Å². The predicted molar refractivity (Wildman–Crippen MR) is 32.5 cm³/mol. The van der Waals surface area contributed by atoms with Crippen molar-refractivity contribution in [1.82, 2.24) is 0 Å². The van der Waals surface area contributed by atoms with E-state index in [0.29, 0.717) is 12.8 Å². The first-order valence-corrected chi connectivity index (χ1v) is 2.72. The van der Waals surface area contributed by atoms with Crippen LogP contribution in [0.4, 0.5) is 0 Å². The average molecular weight is 116 g/mol. The minimum Gasteiger partial charge on any atom is -0.396 e. The first-order chi connectivity index (χ1) is 3.81. The Morgan fingerprint density at radius 2 is 2.25 bits per heavy atom. The van der Waals surface area contributed by atoms with Gasteiger partial charge in [0.05, 0.1) is 6.10 Å². The van der Waals surface area contributed by atoms with E-state index in [1.54, 1.807) is 0 Å². The lowest BCUT2D eigenvalue weighted by Gasteiger charge is -1.99. The molecule has 0 spiro atoms. The predicted octanol–water partition coefficient (Wildman–Crippen LogP) is 0.306. The maximum atomic E-state index is 8.76. The molecule has 0 aromatic rings. The second-order valence-electron chi connectivity index (χ2n) is 1.67. The number of rotatable bonds is 4. The van der Waals surface area contributed by atoms with Crippen LogP contribution in [0.15, 0.2) is 12.7 Å². The summed E-state index contributed by atoms with van der Waals surface area (Å²) in [7, 11) is 0. The van der Waals surface area contributed by atoms with Crippen molar-refractivity contribution in [1.29, 1.82) is 0 Å². The Morgan fingerprint density at radius 1 is 1.62 bits per heavy atom. The van der Waals surface area contributed by atoms with Crippen LogP contribution < -0.4 is 0 Å². The third-order valence-corrected chi connectivity index (χ3v) is 0.930. The van der Waals surface area contributed by atoms with Crippen molar-refractivity contribution in [3.05, 3.63) is 12.7 Å². The van der Waals surface area contributed by atoms with Crippen molar-refractivity contribution in [2.45, 2.75) is 18.9 Å². The lowest BCUT2D eigenvalue weighted by Crippen LogP contribution is -2.01. The van der Waals surface area contributed by atoms with E-state index in [2.05, 4.69) is 6.58 Å². The Balaban J connectivity index is 2.98. The summed E-state index contributed by atoms with van der Waals surface area (Å²) in [6, 6.07) is 0. The largest absolute Gasteiger partial charge is 0.396 e. The molecule has 0 aromatic heterocycles. The van der Waals surface area contributed by atoms with Crippen LogP contribution in [0.3, 0.4) is 0 Å². The van der Waals surface area contributed by atoms with Gasteiger partial charge in [0.25, 0.3) is 0 Å². The fraction of sp³-hybridized carbons (Fsp3) is 0.667. The lowest BCUT2D eigenvalue weighted by atomic mass is 10.2. The highest BCUT2D eigenvalue weighted by Crippen LogP contribution is 1.94. The van der Waals surface area contributed by atoms with Crippen LogP contribution in [0.2, 0.25) is 0 Å². The second-order valence-corrected chi connectivity index (χ2v) is 1.67. The molecule has 0 fully saturated rings. The van der Waals surface area contributed by atoms with Crippen molar-refractivity contribution >= 4 is 0 Å². The molecular formula is C6H12O2. The summed E-state index contributed by atoms with van der Waals surface area (Å²) in [5.74, 6) is 0. The summed E-state index contributed by atoms with van der Waals surface area (Å²) in [5, 5.41) is 17.0. The summed E-state index contributed by atoms with van der Waals surface area (Å²) in [4.78, 5) is 0. The summed E-state index contributed by atoms with van der Waals surface area (Å²) >= 11 is 0. The van der Waals surface area contributed by atoms with Gasteiger partial charge in [0, 0.05) is 6.61 Å². The Bertz CT molecular complexity index is 61.5. The molecule has 0 heterocycles. The van der Waals surface area contributed by atoms with Crippen LogP contribution >= 0.6 is 0 Å². The molecule has 2 N–H and O–H groups in total. The normalized spacial score (nSPS) is 13.2. The van der Waals surface area contributed by atoms with Crippen molar-refractivity contribution in [2.75, 3.05) is 6.61 Å². The molecule has 0 saturated heterocycles. The number of aliphatic hydroxyl groups is 2. The zero-order chi connectivity index (χ0) is 6.41. The number of hydrogen-bond donors (Lipinski definition) is 2. The molecule has 0 bridgehead atoms. The molecule has 0 aliphatic heterocycles. The van der Waals surface area contributed by atoms with Crippen LogP contribution in [0.25, 0.3) is 0 Å². The molecule has 0 rings (SSSR count). The zero-order valence-electron chi connectivity index (χ0n) is 4.88. The number of hydrogen-bond acceptors (Lipinski definition) is 2. The molecule has 0 radical (unpaired) electrons. The van der Waals surface area contributed by atoms with E-state index in [-0.39, 0.29) is 6.61 Å². The molecule has 48 valence electrons. The highest BCUT2D eigenvalue weighted by Gasteiger charge is 1.93. The van der Waals surface area contributed by atoms with E-state index in [0.717, 1.165) is 0 Å². The SMILES string of the molecule is C=CC(O)CCCO. The smallest absolute Gasteiger partial charge is 0.0719 e. The van der Waals surface area contributed by atoms with Gasteiger partial charge in [-0.05, 0) is 12.8 Å². The number of aliphatic hydroxyl groups excluding tert-OH is 2. The third kappa shape index (κ3) is 3.84. The van der Waals surface area contributed by atoms with Gasteiger partial charge in [-0.25, -0.2) is 0 Å². The van der Waals surface area contributed by atoms with Crippen LogP contribution in [0.1, 0.15) is 12.8 Å². The minimum absolute atomic E-state index is 0.144. The molecule has 0 aliphatic rings. The third-order valence-electron chi connectivity index (χ3n) is 0.930. The maximum Gasteiger partial charge on any atom is 0.0719 e. The maximum absolute atomic E-state index is 8.76. The monoisotopic (exact) mass is 116 g/mol. The highest BCUT2D eigenvalue weighted by atomic mass is 16.3. The van der Waals surface area contributed by atoms with Gasteiger partial charge < -0.3 is 10.2 Å². The van der Waals surface area contributed by atoms with Gasteiger partial charge in [0.1, 0.15) is 0 Å². The fourth-order valence-electron chi connectivity index (χ4n) is 0.418. The molecule has 8 heavy (non-hydrogen) atoms. The molecule has 2 nitrogen and oxygen atoms in total. The molecule has 2 heteroatoms. The quantitative estimate of drug-likeness (QED) is 0.519. The molecule has 0 saturated carbocycles. The summed E-state index contributed by atoms with van der Waals surface area (Å²) in [6.45, 7) is 3.53. The van der Waals surface area contributed by atoms with Crippen LogP contribution in [-0.4, -0.2) is 22.9 Å². The zero-order valence-corrected chi connectivity index (χ0v) is 4.88. The van der Waals surface area contributed by atoms with Crippen LogP contribution in [-0.2, 0) is 0 Å². The van der Waals surface area contributed by atoms with Crippen LogP contribution in [0.5, 0.6) is 0 Å². The Morgan fingerprint density at radius 3 is 2.62 bits per heavy atom. The fourth-order valence-corrected chi connectivity index (χ4v) is 0.418. The molecule has 1 atom stereocenters. The van der Waals surface area contributed by atoms with E-state index < -0.39 is 6.10 Å². The van der Waals surface area contributed by atoms with Gasteiger partial charge in [-0.3, -0.25) is 0 Å². The first-order valence-electron chi connectivity index (χ1n) is 2.72. The van der Waals surface area contributed by atoms with Crippen molar-refractivity contribution < 1.29 is 10.2 Å². The average Bonchev–Trinajstić information content (AvgIpc) is 1.83. The van der Waals surface area contributed by atoms with E-state index in [1.165, 1.54) is 6.08 Å². The minimum atomic E-state index is -0.442. The standard InChI is InChI=1S/C6H12O2/c1-2-6(8)4-3-5-7/h2,6-8H,1,3-5H2. The molecule has 0 aliphatic carbocycles. The van der Waals surface area contributed by atoms with Crippen molar-refractivity contribution in [3.8, 4) is 0 Å². The van der Waals surface area contributed by atoms with Gasteiger partial charge in [-0.15, -0.1) is 6.58 Å². The first kappa shape index (κ1) is 7.66. The Hall–Kier alpha value is -0.340. The highest BCUT2D eigenvalue weighted by molar-refractivity contribution is 4.76. The Labute approximate surface area is 49.5 Å². The molecule has 0 aromatic carbocycles. The molecule has 1 unspecified atom stereocenters. The van der Waals surface area contributed by atoms with Gasteiger partial charge in [-0.2, -0.15) is 0 Å². The topological polar surface area (TPSA) is 40.5 Å². The van der Waals surface area contributed by atoms with Gasteiger partial charge >= 0.3 is 0 Å². The van der Waals surface area contributed by atoms with Gasteiger partial charge in [0.2, 0.25) is 0 Å². The second kappa shape index (κ2) is 4.81. The van der Waals surface area contributed by atoms with E-state index in [4.69, 9.17) is 10.2 Å². The summed E-state index contributed by atoms with van der Waals surface area (Å²) in [5.41, 5.74) is 0. The molecule has 0 amide bonds. The molecular weight excluding hydrogens is 104 g/mol. The van der Waals surface area contributed by atoms with E-state index in [9.17, 15) is 0 Å². The van der Waals surface area contributed by atoms with Crippen molar-refractivity contribution in [2.24, 2.45) is 0 Å². The van der Waals surface area contributed by atoms with Crippen molar-refractivity contribution in [3.63, 3.8) is 0 Å². The van der Waals surface area contributed by atoms with Crippen LogP contribution in [0, 0.1) is 0 Å². The summed E-state index contributed by atoms with van der Waals surface area (Å²) < 4.78 is 0. The Kier molecular flexibility index (Phi) is 4.61. The van der Waals surface area contributed by atoms with Gasteiger partial charge in [-0.1, -0.05) is 6.08 Å². The lowest BCUT2D eigenvalue weighted by molar-refractivity contribution is 0.190. The summed E-state index contributed by atoms with van der Waals surface area (Å²) in [6.07, 6.45) is 2.28. The van der Waals surface area contributed by atoms with Gasteiger partial charge in [0.15, 0.2) is 0 Å².